The van der Waals surface area contributed by atoms with Crippen molar-refractivity contribution >= 4 is 5.78 Å². The van der Waals surface area contributed by atoms with E-state index in [-0.39, 0.29) is 0 Å². The molecule has 1 aromatic rings. The highest BCUT2D eigenvalue weighted by Crippen LogP contribution is 2.11. The van der Waals surface area contributed by atoms with Crippen molar-refractivity contribution in [2.75, 3.05) is 0 Å². The van der Waals surface area contributed by atoms with E-state index < -0.39 is 12.0 Å². The van der Waals surface area contributed by atoms with Crippen LogP contribution in [0.15, 0.2) is 24.3 Å². The van der Waals surface area contributed by atoms with Crippen molar-refractivity contribution in [3.63, 3.8) is 0 Å². The lowest BCUT2D eigenvalue weighted by Crippen LogP contribution is -2.11. The zero-order valence-electron chi connectivity index (χ0n) is 9.46. The van der Waals surface area contributed by atoms with Crippen LogP contribution in [-0.4, -0.2) is 12.0 Å². The van der Waals surface area contributed by atoms with Gasteiger partial charge in [-0.15, -0.1) is 0 Å². The summed E-state index contributed by atoms with van der Waals surface area (Å²) in [6.45, 7) is 5.55. The summed E-state index contributed by atoms with van der Waals surface area (Å²) in [5.74, 6) is 0.151. The first-order valence-corrected chi connectivity index (χ1v) is 5.28. The summed E-state index contributed by atoms with van der Waals surface area (Å²) >= 11 is 0. The first-order chi connectivity index (χ1) is 7.00. The molecule has 0 aromatic heterocycles. The zero-order chi connectivity index (χ0) is 11.4. The Hall–Kier alpha value is -1.18. The number of rotatable bonds is 4. The average Bonchev–Trinajstić information content (AvgIpc) is 2.17. The Morgan fingerprint density at radius 2 is 1.73 bits per heavy atom. The highest BCUT2D eigenvalue weighted by Gasteiger charge is 2.13. The van der Waals surface area contributed by atoms with Crippen LogP contribution in [0.3, 0.4) is 0 Å². The number of hydrogen-bond acceptors (Lipinski definition) is 1. The van der Waals surface area contributed by atoms with Gasteiger partial charge in [-0.2, -0.15) is 0 Å². The van der Waals surface area contributed by atoms with Crippen molar-refractivity contribution < 1.29 is 9.18 Å². The molecule has 1 nitrogen and oxygen atoms in total. The Bertz CT molecular complexity index is 325. The predicted octanol–water partition coefficient (Wildman–Crippen LogP) is 3.43. The van der Waals surface area contributed by atoms with Crippen molar-refractivity contribution in [2.24, 2.45) is 5.92 Å². The largest absolute Gasteiger partial charge is 0.291 e. The summed E-state index contributed by atoms with van der Waals surface area (Å²) in [4.78, 5) is 11.3. The molecule has 0 aliphatic carbocycles. The zero-order valence-corrected chi connectivity index (χ0v) is 9.46. The SMILES string of the molecule is CC(C)Cc1ccc(C(=O)[C@H](C)F)cc1. The van der Waals surface area contributed by atoms with Crippen molar-refractivity contribution in [3.05, 3.63) is 35.4 Å². The molecule has 0 N–H and O–H groups in total. The molecule has 0 unspecified atom stereocenters. The van der Waals surface area contributed by atoms with Gasteiger partial charge in [-0.1, -0.05) is 38.1 Å². The van der Waals surface area contributed by atoms with Crippen LogP contribution in [0.25, 0.3) is 0 Å². The molecule has 0 saturated heterocycles. The van der Waals surface area contributed by atoms with E-state index in [2.05, 4.69) is 13.8 Å². The molecule has 0 aliphatic heterocycles. The monoisotopic (exact) mass is 208 g/mol. The van der Waals surface area contributed by atoms with E-state index >= 15 is 0 Å². The Kier molecular flexibility index (Phi) is 4.01. The molecule has 1 rings (SSSR count). The Labute approximate surface area is 90.3 Å². The minimum absolute atomic E-state index is 0.439. The van der Waals surface area contributed by atoms with Gasteiger partial charge in [0.1, 0.15) is 0 Å². The molecule has 1 aromatic carbocycles. The summed E-state index contributed by atoms with van der Waals surface area (Å²) in [5, 5.41) is 0. The lowest BCUT2D eigenvalue weighted by atomic mass is 10.00. The van der Waals surface area contributed by atoms with Gasteiger partial charge < -0.3 is 0 Å². The number of carbonyl (C=O) groups excluding carboxylic acids is 1. The van der Waals surface area contributed by atoms with E-state index in [0.29, 0.717) is 11.5 Å². The highest BCUT2D eigenvalue weighted by molar-refractivity contribution is 5.99. The molecule has 0 heterocycles. The minimum Gasteiger partial charge on any atom is -0.291 e. The average molecular weight is 208 g/mol. The minimum atomic E-state index is -1.42. The van der Waals surface area contributed by atoms with Crippen LogP contribution in [0.1, 0.15) is 36.7 Å². The van der Waals surface area contributed by atoms with Gasteiger partial charge in [-0.05, 0) is 24.8 Å². The van der Waals surface area contributed by atoms with Crippen LogP contribution in [0.5, 0.6) is 0 Å². The third kappa shape index (κ3) is 3.46. The second kappa shape index (κ2) is 5.06. The van der Waals surface area contributed by atoms with Gasteiger partial charge in [0.2, 0.25) is 0 Å². The molecule has 1 atom stereocenters. The fraction of sp³-hybridized carbons (Fsp3) is 0.462. The summed E-state index contributed by atoms with van der Waals surface area (Å²) in [7, 11) is 0. The van der Waals surface area contributed by atoms with Gasteiger partial charge in [0.15, 0.2) is 12.0 Å². The molecule has 82 valence electrons. The summed E-state index contributed by atoms with van der Waals surface area (Å²) in [6.07, 6.45) is -0.430. The van der Waals surface area contributed by atoms with E-state index in [9.17, 15) is 9.18 Å². The molecule has 2 heteroatoms. The second-order valence-electron chi connectivity index (χ2n) is 4.28. The van der Waals surface area contributed by atoms with Crippen molar-refractivity contribution in [1.29, 1.82) is 0 Å². The molecule has 0 amide bonds. The number of benzene rings is 1. The van der Waals surface area contributed by atoms with Crippen LogP contribution >= 0.6 is 0 Å². The normalized spacial score (nSPS) is 12.9. The van der Waals surface area contributed by atoms with Gasteiger partial charge in [0, 0.05) is 5.56 Å². The molecule has 0 fully saturated rings. The molecule has 0 radical (unpaired) electrons. The van der Waals surface area contributed by atoms with Gasteiger partial charge in [0.25, 0.3) is 0 Å². The molecule has 0 saturated carbocycles. The third-order valence-corrected chi connectivity index (χ3v) is 2.24. The fourth-order valence-electron chi connectivity index (χ4n) is 1.51. The van der Waals surface area contributed by atoms with E-state index in [4.69, 9.17) is 0 Å². The molecular formula is C13H17FO. The van der Waals surface area contributed by atoms with Gasteiger partial charge in [-0.3, -0.25) is 4.79 Å². The van der Waals surface area contributed by atoms with Crippen molar-refractivity contribution in [1.82, 2.24) is 0 Å². The molecular weight excluding hydrogens is 191 g/mol. The smallest absolute Gasteiger partial charge is 0.196 e. The molecule has 15 heavy (non-hydrogen) atoms. The second-order valence-corrected chi connectivity index (χ2v) is 4.28. The maximum absolute atomic E-state index is 12.7. The van der Waals surface area contributed by atoms with Crippen molar-refractivity contribution in [2.45, 2.75) is 33.4 Å². The van der Waals surface area contributed by atoms with Crippen LogP contribution < -0.4 is 0 Å². The number of Topliss-reactive ketones (excluding diaryl/α,β-unsaturated/α-hetero) is 1. The van der Waals surface area contributed by atoms with Gasteiger partial charge in [0.05, 0.1) is 0 Å². The highest BCUT2D eigenvalue weighted by atomic mass is 19.1. The lowest BCUT2D eigenvalue weighted by molar-refractivity contribution is 0.0893. The Balaban J connectivity index is 2.76. The first kappa shape index (κ1) is 11.9. The Morgan fingerprint density at radius 1 is 1.20 bits per heavy atom. The fourth-order valence-corrected chi connectivity index (χ4v) is 1.51. The molecule has 0 aliphatic rings. The number of ketones is 1. The number of alkyl halides is 1. The first-order valence-electron chi connectivity index (χ1n) is 5.28. The van der Waals surface area contributed by atoms with Gasteiger partial charge in [-0.25, -0.2) is 4.39 Å². The van der Waals surface area contributed by atoms with Crippen LogP contribution in [0.2, 0.25) is 0 Å². The Morgan fingerprint density at radius 3 is 2.13 bits per heavy atom. The number of hydrogen-bond donors (Lipinski definition) is 0. The third-order valence-electron chi connectivity index (χ3n) is 2.24. The topological polar surface area (TPSA) is 17.1 Å². The van der Waals surface area contributed by atoms with Crippen molar-refractivity contribution in [3.8, 4) is 0 Å². The van der Waals surface area contributed by atoms with Crippen LogP contribution in [-0.2, 0) is 6.42 Å². The lowest BCUT2D eigenvalue weighted by Gasteiger charge is -2.06. The van der Waals surface area contributed by atoms with Gasteiger partial charge >= 0.3 is 0 Å². The van der Waals surface area contributed by atoms with E-state index in [0.717, 1.165) is 6.42 Å². The van der Waals surface area contributed by atoms with Crippen LogP contribution in [0, 0.1) is 5.92 Å². The molecule has 0 spiro atoms. The number of carbonyl (C=O) groups is 1. The molecule has 0 bridgehead atoms. The summed E-state index contributed by atoms with van der Waals surface area (Å²) < 4.78 is 12.7. The van der Waals surface area contributed by atoms with E-state index in [1.807, 2.05) is 12.1 Å². The summed E-state index contributed by atoms with van der Waals surface area (Å²) in [6, 6.07) is 7.21. The standard InChI is InChI=1S/C13H17FO/c1-9(2)8-11-4-6-12(7-5-11)13(15)10(3)14/h4-7,9-10H,8H2,1-3H3/t10-/m0/s1. The van der Waals surface area contributed by atoms with E-state index in [1.165, 1.54) is 12.5 Å². The maximum atomic E-state index is 12.7. The number of halogens is 1. The maximum Gasteiger partial charge on any atom is 0.196 e. The quantitative estimate of drug-likeness (QED) is 0.693. The summed E-state index contributed by atoms with van der Waals surface area (Å²) in [5.41, 5.74) is 1.64. The van der Waals surface area contributed by atoms with E-state index in [1.54, 1.807) is 12.1 Å². The predicted molar refractivity (Wildman–Crippen MR) is 59.9 cm³/mol. The van der Waals surface area contributed by atoms with Crippen LogP contribution in [0.4, 0.5) is 4.39 Å².